The largest absolute Gasteiger partial charge is 0.335 e. The number of quaternary nitrogens is 1. The molecule has 0 unspecified atom stereocenters. The second-order valence-corrected chi connectivity index (χ2v) is 7.88. The first-order valence-electron chi connectivity index (χ1n) is 9.08. The molecule has 1 aromatic carbocycles. The quantitative estimate of drug-likeness (QED) is 0.670. The number of nitrogens with two attached hydrogens (primary N) is 1. The van der Waals surface area contributed by atoms with E-state index in [1.807, 2.05) is 12.1 Å². The van der Waals surface area contributed by atoms with E-state index in [1.165, 1.54) is 11.1 Å². The summed E-state index contributed by atoms with van der Waals surface area (Å²) < 4.78 is 2.43. The highest BCUT2D eigenvalue weighted by atomic mass is 79.9. The van der Waals surface area contributed by atoms with Gasteiger partial charge in [-0.1, -0.05) is 45.0 Å². The maximum atomic E-state index is 12.4. The van der Waals surface area contributed by atoms with Gasteiger partial charge in [0.2, 0.25) is 0 Å². The molecule has 0 fully saturated rings. The Morgan fingerprint density at radius 1 is 1.15 bits per heavy atom. The van der Waals surface area contributed by atoms with Gasteiger partial charge in [-0.25, -0.2) is 4.98 Å². The van der Waals surface area contributed by atoms with Gasteiger partial charge in [-0.15, -0.1) is 0 Å². The molecule has 0 bridgehead atoms. The summed E-state index contributed by atoms with van der Waals surface area (Å²) in [7, 11) is 0. The Hall–Kier alpha value is -1.98. The van der Waals surface area contributed by atoms with Crippen molar-refractivity contribution in [2.24, 2.45) is 5.92 Å². The maximum absolute atomic E-state index is 12.4. The van der Waals surface area contributed by atoms with Crippen LogP contribution in [0.15, 0.2) is 57.9 Å². The summed E-state index contributed by atoms with van der Waals surface area (Å²) in [6, 6.07) is 14.6. The summed E-state index contributed by atoms with van der Waals surface area (Å²) in [5.74, 6) is 0.486. The molecule has 2 aromatic heterocycles. The van der Waals surface area contributed by atoms with E-state index in [4.69, 9.17) is 0 Å². The minimum absolute atomic E-state index is 0.0481. The van der Waals surface area contributed by atoms with Gasteiger partial charge in [-0.2, -0.15) is 0 Å². The van der Waals surface area contributed by atoms with Gasteiger partial charge in [-0.3, -0.25) is 9.20 Å². The lowest BCUT2D eigenvalue weighted by atomic mass is 9.95. The second kappa shape index (κ2) is 8.14. The van der Waals surface area contributed by atoms with Crippen molar-refractivity contribution in [1.82, 2.24) is 9.38 Å². The van der Waals surface area contributed by atoms with Crippen molar-refractivity contribution in [2.75, 3.05) is 0 Å². The van der Waals surface area contributed by atoms with Gasteiger partial charge in [0, 0.05) is 28.2 Å². The number of halogens is 1. The molecule has 0 saturated carbocycles. The van der Waals surface area contributed by atoms with Crippen LogP contribution < -0.4 is 10.9 Å². The predicted molar refractivity (Wildman–Crippen MR) is 108 cm³/mol. The minimum Gasteiger partial charge on any atom is -0.335 e. The van der Waals surface area contributed by atoms with Crippen LogP contribution in [0.4, 0.5) is 0 Å². The maximum Gasteiger partial charge on any atom is 0.258 e. The Morgan fingerprint density at radius 2 is 1.88 bits per heavy atom. The predicted octanol–water partition coefficient (Wildman–Crippen LogP) is 3.48. The van der Waals surface area contributed by atoms with Crippen LogP contribution in [0.3, 0.4) is 0 Å². The van der Waals surface area contributed by atoms with E-state index in [2.05, 4.69) is 71.3 Å². The molecule has 0 saturated heterocycles. The molecule has 0 aliphatic rings. The first-order valence-corrected chi connectivity index (χ1v) is 9.87. The van der Waals surface area contributed by atoms with E-state index in [0.29, 0.717) is 24.2 Å². The Kier molecular flexibility index (Phi) is 5.89. The van der Waals surface area contributed by atoms with Crippen LogP contribution in [-0.4, -0.2) is 9.38 Å². The van der Waals surface area contributed by atoms with Gasteiger partial charge in [0.15, 0.2) is 0 Å². The van der Waals surface area contributed by atoms with Gasteiger partial charge in [0.1, 0.15) is 23.9 Å². The fraction of sp³-hybridized carbons (Fsp3) is 0.333. The highest BCUT2D eigenvalue weighted by molar-refractivity contribution is 9.10. The van der Waals surface area contributed by atoms with Crippen molar-refractivity contribution < 1.29 is 5.32 Å². The molecule has 0 aliphatic carbocycles. The summed E-state index contributed by atoms with van der Waals surface area (Å²) in [6.07, 6.45) is 2.81. The van der Waals surface area contributed by atoms with E-state index in [0.717, 1.165) is 16.6 Å². The highest BCUT2D eigenvalue weighted by Gasteiger charge is 2.19. The van der Waals surface area contributed by atoms with Crippen molar-refractivity contribution in [3.05, 3.63) is 80.3 Å². The molecule has 0 radical (unpaired) electrons. The minimum atomic E-state index is -0.0481. The Bertz CT molecular complexity index is 948. The van der Waals surface area contributed by atoms with Gasteiger partial charge >= 0.3 is 0 Å². The molecule has 136 valence electrons. The van der Waals surface area contributed by atoms with Crippen molar-refractivity contribution >= 4 is 21.6 Å². The number of fused-ring (bicyclic) bond motifs is 1. The summed E-state index contributed by atoms with van der Waals surface area (Å²) >= 11 is 3.39. The van der Waals surface area contributed by atoms with Crippen molar-refractivity contribution in [2.45, 2.75) is 39.8 Å². The van der Waals surface area contributed by atoms with Crippen LogP contribution in [0.1, 0.15) is 43.6 Å². The number of aryl methyl sites for hydroxylation is 1. The monoisotopic (exact) mass is 414 g/mol. The molecular weight excluding hydrogens is 390 g/mol. The first kappa shape index (κ1) is 18.8. The number of hydrogen-bond donors (Lipinski definition) is 1. The van der Waals surface area contributed by atoms with Crippen LogP contribution in [0.2, 0.25) is 0 Å². The van der Waals surface area contributed by atoms with Crippen LogP contribution in [0.25, 0.3) is 5.65 Å². The highest BCUT2D eigenvalue weighted by Crippen LogP contribution is 2.18. The third-order valence-corrected chi connectivity index (χ3v) is 5.22. The zero-order valence-electron chi connectivity index (χ0n) is 15.4. The van der Waals surface area contributed by atoms with E-state index < -0.39 is 0 Å². The Morgan fingerprint density at radius 3 is 2.54 bits per heavy atom. The second-order valence-electron chi connectivity index (χ2n) is 6.97. The third-order valence-electron chi connectivity index (χ3n) is 4.75. The van der Waals surface area contributed by atoms with Crippen LogP contribution in [0, 0.1) is 5.92 Å². The zero-order valence-corrected chi connectivity index (χ0v) is 17.0. The number of aromatic nitrogens is 2. The van der Waals surface area contributed by atoms with Gasteiger partial charge in [-0.05, 0) is 40.0 Å². The molecule has 2 N–H and O–H groups in total. The van der Waals surface area contributed by atoms with E-state index >= 15 is 0 Å². The lowest BCUT2D eigenvalue weighted by Crippen LogP contribution is -2.84. The normalized spacial score (nSPS) is 12.7. The van der Waals surface area contributed by atoms with E-state index in [-0.39, 0.29) is 5.56 Å². The fourth-order valence-electron chi connectivity index (χ4n) is 3.25. The molecule has 1 atom stereocenters. The zero-order chi connectivity index (χ0) is 18.7. The lowest BCUT2D eigenvalue weighted by molar-refractivity contribution is -0.717. The van der Waals surface area contributed by atoms with Crippen LogP contribution >= 0.6 is 15.9 Å². The lowest BCUT2D eigenvalue weighted by Gasteiger charge is -2.20. The molecule has 3 rings (SSSR count). The number of hydrogen-bond acceptors (Lipinski definition) is 2. The summed E-state index contributed by atoms with van der Waals surface area (Å²) in [4.78, 5) is 17.0. The van der Waals surface area contributed by atoms with Crippen molar-refractivity contribution in [3.8, 4) is 0 Å². The number of pyridine rings is 1. The molecule has 0 amide bonds. The standard InChI is InChI=1S/C21H24BrN3O/c1-4-15-5-7-16(8-6-15)21(14(2)3)23-12-18-11-20(26)25-13-17(22)9-10-19(25)24-18/h5-11,13-14,21,23H,4,12H2,1-3H3/p+1/t21-/m0/s1. The Balaban J connectivity index is 1.81. The SMILES string of the molecule is CCc1ccc([C@@H]([NH2+]Cc2cc(=O)n3cc(Br)ccc3n2)C(C)C)cc1. The summed E-state index contributed by atoms with van der Waals surface area (Å²) in [5, 5.41) is 2.28. The topological polar surface area (TPSA) is 51.0 Å². The molecular formula is C21H25BrN3O+. The average molecular weight is 415 g/mol. The molecule has 26 heavy (non-hydrogen) atoms. The van der Waals surface area contributed by atoms with Crippen molar-refractivity contribution in [1.29, 1.82) is 0 Å². The number of benzene rings is 1. The molecule has 3 aromatic rings. The van der Waals surface area contributed by atoms with Gasteiger partial charge in [0.25, 0.3) is 5.56 Å². The number of nitrogens with zero attached hydrogens (tertiary/aromatic N) is 2. The smallest absolute Gasteiger partial charge is 0.258 e. The molecule has 5 heteroatoms. The number of rotatable bonds is 6. The molecule has 0 spiro atoms. The van der Waals surface area contributed by atoms with E-state index in [1.54, 1.807) is 16.7 Å². The molecule has 0 aliphatic heterocycles. The third kappa shape index (κ3) is 4.22. The first-order chi connectivity index (χ1) is 12.5. The van der Waals surface area contributed by atoms with Crippen molar-refractivity contribution in [3.63, 3.8) is 0 Å². The average Bonchev–Trinajstić information content (AvgIpc) is 2.63. The molecule has 2 heterocycles. The van der Waals surface area contributed by atoms with E-state index in [9.17, 15) is 4.79 Å². The van der Waals surface area contributed by atoms with Crippen LogP contribution in [-0.2, 0) is 13.0 Å². The van der Waals surface area contributed by atoms with Crippen LogP contribution in [0.5, 0.6) is 0 Å². The molecule has 4 nitrogen and oxygen atoms in total. The summed E-state index contributed by atoms with van der Waals surface area (Å²) in [6.45, 7) is 7.31. The fourth-order valence-corrected chi connectivity index (χ4v) is 3.58. The summed E-state index contributed by atoms with van der Waals surface area (Å²) in [5.41, 5.74) is 4.11. The van der Waals surface area contributed by atoms with Gasteiger partial charge in [0.05, 0.1) is 0 Å². The van der Waals surface area contributed by atoms with Gasteiger partial charge < -0.3 is 5.32 Å². The Labute approximate surface area is 162 Å².